The number of anilines is 1. The molecule has 3 heterocycles. The number of fused-ring (bicyclic) bond motifs is 1. The van der Waals surface area contributed by atoms with Crippen molar-refractivity contribution in [2.75, 3.05) is 5.32 Å². The van der Waals surface area contributed by atoms with Crippen molar-refractivity contribution in [1.29, 1.82) is 0 Å². The number of nitrogens with one attached hydrogen (secondary N) is 1. The lowest BCUT2D eigenvalue weighted by Crippen LogP contribution is -2.34. The van der Waals surface area contributed by atoms with E-state index in [1.807, 2.05) is 17.5 Å². The number of hydrogen-bond acceptors (Lipinski definition) is 5. The highest BCUT2D eigenvalue weighted by Gasteiger charge is 2.41. The van der Waals surface area contributed by atoms with Crippen LogP contribution in [0.4, 0.5) is 10.3 Å². The number of Topliss-reactive ketones (excluding diaryl/α,β-unsaturated/α-hetero) is 1. The Kier molecular flexibility index (Phi) is 3.87. The molecule has 1 aromatic carbocycles. The summed E-state index contributed by atoms with van der Waals surface area (Å²) in [5.41, 5.74) is 1.55. The van der Waals surface area contributed by atoms with Gasteiger partial charge in [-0.1, -0.05) is 23.7 Å². The predicted molar refractivity (Wildman–Crippen MR) is 102 cm³/mol. The summed E-state index contributed by atoms with van der Waals surface area (Å²) in [6.07, 6.45) is 2.44. The molecule has 2 aromatic heterocycles. The van der Waals surface area contributed by atoms with Crippen molar-refractivity contribution in [3.8, 4) is 0 Å². The third-order valence-electron chi connectivity index (χ3n) is 5.08. The number of carbonyl (C=O) groups is 1. The number of nitrogens with zero attached hydrogens (tertiary/aromatic N) is 3. The number of thiophene rings is 1. The van der Waals surface area contributed by atoms with Gasteiger partial charge in [0, 0.05) is 39.1 Å². The zero-order valence-corrected chi connectivity index (χ0v) is 15.6. The lowest BCUT2D eigenvalue weighted by atomic mass is 9.80. The van der Waals surface area contributed by atoms with Crippen molar-refractivity contribution < 1.29 is 9.18 Å². The topological polar surface area (TPSA) is 59.8 Å². The average molecular weight is 401 g/mol. The summed E-state index contributed by atoms with van der Waals surface area (Å²) in [6.45, 7) is 0. The molecule has 1 N–H and O–H groups in total. The summed E-state index contributed by atoms with van der Waals surface area (Å²) in [7, 11) is 0. The van der Waals surface area contributed by atoms with Gasteiger partial charge < -0.3 is 5.32 Å². The third kappa shape index (κ3) is 2.61. The molecule has 0 saturated heterocycles. The number of allylic oxidation sites excluding steroid dienone is 2. The van der Waals surface area contributed by atoms with E-state index < -0.39 is 11.9 Å². The zero-order valence-electron chi connectivity index (χ0n) is 14.0. The molecule has 0 bridgehead atoms. The molecule has 5 rings (SSSR count). The first-order valence-electron chi connectivity index (χ1n) is 8.53. The maximum absolute atomic E-state index is 14.7. The molecule has 0 radical (unpaired) electrons. The molecule has 0 saturated carbocycles. The minimum absolute atomic E-state index is 0.0207. The van der Waals surface area contributed by atoms with E-state index in [9.17, 15) is 9.18 Å². The number of carbonyl (C=O) groups excluding carboxylic acids is 1. The quantitative estimate of drug-likeness (QED) is 0.685. The van der Waals surface area contributed by atoms with E-state index in [-0.39, 0.29) is 22.3 Å². The Bertz CT molecular complexity index is 1060. The van der Waals surface area contributed by atoms with Gasteiger partial charge in [0.1, 0.15) is 18.2 Å². The Morgan fingerprint density at radius 3 is 2.93 bits per heavy atom. The van der Waals surface area contributed by atoms with Crippen LogP contribution in [0.2, 0.25) is 5.02 Å². The Morgan fingerprint density at radius 1 is 1.26 bits per heavy atom. The first-order chi connectivity index (χ1) is 13.1. The van der Waals surface area contributed by atoms with Crippen molar-refractivity contribution in [3.63, 3.8) is 0 Å². The number of benzene rings is 1. The van der Waals surface area contributed by atoms with Crippen LogP contribution in [0.3, 0.4) is 0 Å². The highest BCUT2D eigenvalue weighted by atomic mass is 35.5. The van der Waals surface area contributed by atoms with E-state index >= 15 is 0 Å². The molecule has 1 aliphatic heterocycles. The van der Waals surface area contributed by atoms with Gasteiger partial charge in [-0.15, -0.1) is 11.3 Å². The molecule has 8 heteroatoms. The smallest absolute Gasteiger partial charge is 0.226 e. The first kappa shape index (κ1) is 16.6. The SMILES string of the molecule is O=C1C[C@@H](c2cccs2)CC2=C1[C@H](c1c(F)cccc1Cl)n1ncnc1N2. The van der Waals surface area contributed by atoms with E-state index in [1.54, 1.807) is 23.5 Å². The Morgan fingerprint density at radius 2 is 2.15 bits per heavy atom. The van der Waals surface area contributed by atoms with E-state index in [0.717, 1.165) is 5.70 Å². The summed E-state index contributed by atoms with van der Waals surface area (Å²) in [5, 5.41) is 9.73. The minimum Gasteiger partial charge on any atom is -0.328 e. The van der Waals surface area contributed by atoms with Gasteiger partial charge in [0.15, 0.2) is 5.78 Å². The fourth-order valence-corrected chi connectivity index (χ4v) is 5.01. The second kappa shape index (κ2) is 6.28. The molecule has 0 fully saturated rings. The van der Waals surface area contributed by atoms with Crippen molar-refractivity contribution >= 4 is 34.7 Å². The van der Waals surface area contributed by atoms with Crippen LogP contribution >= 0.6 is 22.9 Å². The van der Waals surface area contributed by atoms with Crippen LogP contribution in [0, 0.1) is 5.82 Å². The van der Waals surface area contributed by atoms with Gasteiger partial charge in [0.05, 0.1) is 0 Å². The minimum atomic E-state index is -0.718. The molecule has 0 amide bonds. The summed E-state index contributed by atoms with van der Waals surface area (Å²) in [6, 6.07) is 7.84. The Labute approximate surface area is 163 Å². The molecule has 1 aliphatic carbocycles. The van der Waals surface area contributed by atoms with Crippen LogP contribution in [0.1, 0.15) is 35.2 Å². The predicted octanol–water partition coefficient (Wildman–Crippen LogP) is 4.55. The monoisotopic (exact) mass is 400 g/mol. The van der Waals surface area contributed by atoms with Crippen LogP contribution < -0.4 is 5.32 Å². The Balaban J connectivity index is 1.67. The second-order valence-electron chi connectivity index (χ2n) is 6.63. The molecule has 3 aromatic rings. The number of halogens is 2. The summed E-state index contributed by atoms with van der Waals surface area (Å²) >= 11 is 7.97. The maximum atomic E-state index is 14.7. The number of rotatable bonds is 2. The third-order valence-corrected chi connectivity index (χ3v) is 6.44. The highest BCUT2D eigenvalue weighted by molar-refractivity contribution is 7.10. The van der Waals surface area contributed by atoms with Crippen LogP contribution in [0.25, 0.3) is 0 Å². The molecule has 0 unspecified atom stereocenters. The first-order valence-corrected chi connectivity index (χ1v) is 9.79. The van der Waals surface area contributed by atoms with Crippen molar-refractivity contribution in [2.45, 2.75) is 24.8 Å². The fourth-order valence-electron chi connectivity index (χ4n) is 3.92. The van der Waals surface area contributed by atoms with Gasteiger partial charge >= 0.3 is 0 Å². The number of aromatic nitrogens is 3. The lowest BCUT2D eigenvalue weighted by molar-refractivity contribution is -0.116. The van der Waals surface area contributed by atoms with Gasteiger partial charge in [-0.2, -0.15) is 10.1 Å². The molecule has 27 heavy (non-hydrogen) atoms. The summed E-state index contributed by atoms with van der Waals surface area (Å²) in [4.78, 5) is 18.6. The maximum Gasteiger partial charge on any atom is 0.226 e. The van der Waals surface area contributed by atoms with E-state index in [2.05, 4.69) is 15.4 Å². The summed E-state index contributed by atoms with van der Waals surface area (Å²) < 4.78 is 16.3. The molecule has 5 nitrogen and oxygen atoms in total. The van der Waals surface area contributed by atoms with E-state index in [1.165, 1.54) is 22.0 Å². The highest BCUT2D eigenvalue weighted by Crippen LogP contribution is 2.46. The standard InChI is InChI=1S/C19H14ClFN4OS/c20-11-3-1-4-12(21)16(11)18-17-13(24-19-22-9-23-25(18)19)7-10(8-14(17)26)15-5-2-6-27-15/h1-6,9-10,18H,7-8H2,(H,22,23,24)/t10-,18-/m0/s1. The van der Waals surface area contributed by atoms with Crippen molar-refractivity contribution in [3.05, 3.63) is 74.6 Å². The van der Waals surface area contributed by atoms with Gasteiger partial charge in [-0.05, 0) is 30.0 Å². The van der Waals surface area contributed by atoms with Crippen LogP contribution in [-0.2, 0) is 4.79 Å². The van der Waals surface area contributed by atoms with E-state index in [0.29, 0.717) is 24.4 Å². The molecular weight excluding hydrogens is 387 g/mol. The molecule has 136 valence electrons. The summed E-state index contributed by atoms with van der Waals surface area (Å²) in [5.74, 6) is 0.108. The van der Waals surface area contributed by atoms with Crippen LogP contribution in [0.5, 0.6) is 0 Å². The molecular formula is C19H14ClFN4OS. The van der Waals surface area contributed by atoms with Gasteiger partial charge in [0.2, 0.25) is 5.95 Å². The lowest BCUT2D eigenvalue weighted by Gasteiger charge is -2.35. The largest absolute Gasteiger partial charge is 0.328 e. The Hall–Kier alpha value is -2.51. The van der Waals surface area contributed by atoms with Gasteiger partial charge in [-0.3, -0.25) is 4.79 Å². The second-order valence-corrected chi connectivity index (χ2v) is 8.01. The van der Waals surface area contributed by atoms with E-state index in [4.69, 9.17) is 11.6 Å². The number of hydrogen-bond donors (Lipinski definition) is 1. The van der Waals surface area contributed by atoms with Crippen molar-refractivity contribution in [2.24, 2.45) is 0 Å². The molecule has 2 atom stereocenters. The molecule has 0 spiro atoms. The van der Waals surface area contributed by atoms with Gasteiger partial charge in [0.25, 0.3) is 0 Å². The van der Waals surface area contributed by atoms with Gasteiger partial charge in [-0.25, -0.2) is 9.07 Å². The number of ketones is 1. The average Bonchev–Trinajstić information content (AvgIpc) is 3.32. The van der Waals surface area contributed by atoms with Crippen LogP contribution in [-0.4, -0.2) is 20.5 Å². The van der Waals surface area contributed by atoms with Crippen molar-refractivity contribution in [1.82, 2.24) is 14.8 Å². The fraction of sp³-hybridized carbons (Fsp3) is 0.211. The zero-order chi connectivity index (χ0) is 18.5. The molecule has 2 aliphatic rings. The normalized spacial score (nSPS) is 21.6. The van der Waals surface area contributed by atoms with Crippen LogP contribution in [0.15, 0.2) is 53.3 Å².